The van der Waals surface area contributed by atoms with Crippen molar-refractivity contribution in [2.24, 2.45) is 14.1 Å². The van der Waals surface area contributed by atoms with Crippen LogP contribution in [0.2, 0.25) is 0 Å². The van der Waals surface area contributed by atoms with Gasteiger partial charge in [0, 0.05) is 25.2 Å². The third-order valence-electron chi connectivity index (χ3n) is 5.56. The predicted octanol–water partition coefficient (Wildman–Crippen LogP) is 5.35. The molecule has 0 fully saturated rings. The number of aryl methyl sites for hydroxylation is 1. The van der Waals surface area contributed by atoms with E-state index in [1.54, 1.807) is 7.05 Å². The van der Waals surface area contributed by atoms with E-state index in [0.29, 0.717) is 11.3 Å². The van der Waals surface area contributed by atoms with Crippen LogP contribution in [0.25, 0.3) is 33.7 Å². The Kier molecular flexibility index (Phi) is 6.06. The van der Waals surface area contributed by atoms with Gasteiger partial charge in [0.25, 0.3) is 0 Å². The maximum Gasteiger partial charge on any atom is 0.573 e. The fraction of sp³-hybridized carbons (Fsp3) is 0.273. The molecule has 192 valence electrons. The third kappa shape index (κ3) is 4.64. The molecule has 0 amide bonds. The molecule has 2 heterocycles. The Morgan fingerprint density at radius 3 is 2.17 bits per heavy atom. The van der Waals surface area contributed by atoms with Crippen LogP contribution in [-0.4, -0.2) is 39.6 Å². The molecule has 2 aromatic carbocycles. The van der Waals surface area contributed by atoms with Crippen LogP contribution in [0, 0.1) is 0 Å². The summed E-state index contributed by atoms with van der Waals surface area (Å²) in [6, 6.07) is 7.33. The van der Waals surface area contributed by atoms with Crippen molar-refractivity contribution in [2.45, 2.75) is 24.4 Å². The summed E-state index contributed by atoms with van der Waals surface area (Å²) in [4.78, 5) is 7.70. The Morgan fingerprint density at radius 2 is 1.61 bits per heavy atom. The average Bonchev–Trinajstić information content (AvgIpc) is 3.32. The molecular weight excluding hydrogens is 514 g/mol. The number of benzene rings is 2. The summed E-state index contributed by atoms with van der Waals surface area (Å²) < 4.78 is 109. The zero-order chi connectivity index (χ0) is 26.6. The summed E-state index contributed by atoms with van der Waals surface area (Å²) in [5.41, 5.74) is 0.812. The molecule has 4 aromatic rings. The van der Waals surface area contributed by atoms with Crippen molar-refractivity contribution in [1.29, 1.82) is 0 Å². The number of nitrogens with zero attached hydrogens (tertiary/aromatic N) is 4. The van der Waals surface area contributed by atoms with Crippen LogP contribution < -0.4 is 4.74 Å². The molecule has 7 nitrogen and oxygen atoms in total. The maximum absolute atomic E-state index is 13.4. The molecule has 4 rings (SSSR count). The van der Waals surface area contributed by atoms with Gasteiger partial charge in [-0.1, -0.05) is 6.92 Å². The number of ether oxygens (including phenoxy) is 1. The summed E-state index contributed by atoms with van der Waals surface area (Å²) in [6.45, 7) is 1.40. The van der Waals surface area contributed by atoms with E-state index in [4.69, 9.17) is 0 Å². The van der Waals surface area contributed by atoms with Gasteiger partial charge in [0.15, 0.2) is 9.84 Å². The van der Waals surface area contributed by atoms with E-state index >= 15 is 0 Å². The van der Waals surface area contributed by atoms with Crippen LogP contribution in [0.3, 0.4) is 0 Å². The van der Waals surface area contributed by atoms with Crippen LogP contribution in [0.5, 0.6) is 5.75 Å². The van der Waals surface area contributed by atoms with Crippen molar-refractivity contribution in [3.63, 3.8) is 0 Å². The minimum atomic E-state index is -4.85. The van der Waals surface area contributed by atoms with Crippen molar-refractivity contribution in [2.75, 3.05) is 5.75 Å². The monoisotopic (exact) mass is 532 g/mol. The molecule has 14 heteroatoms. The number of fused-ring (bicyclic) bond motifs is 1. The van der Waals surface area contributed by atoms with E-state index in [1.807, 2.05) is 0 Å². The first kappa shape index (κ1) is 25.5. The van der Waals surface area contributed by atoms with Crippen molar-refractivity contribution >= 4 is 20.9 Å². The first-order chi connectivity index (χ1) is 16.6. The van der Waals surface area contributed by atoms with E-state index < -0.39 is 33.9 Å². The molecule has 0 saturated carbocycles. The lowest BCUT2D eigenvalue weighted by atomic mass is 10.1. The summed E-state index contributed by atoms with van der Waals surface area (Å²) >= 11 is 0. The molecule has 0 aliphatic rings. The van der Waals surface area contributed by atoms with Crippen molar-refractivity contribution in [1.82, 2.24) is 19.1 Å². The second-order valence-electron chi connectivity index (χ2n) is 7.83. The minimum Gasteiger partial charge on any atom is -0.406 e. The molecule has 0 aliphatic heterocycles. The van der Waals surface area contributed by atoms with E-state index in [1.165, 1.54) is 35.9 Å². The van der Waals surface area contributed by atoms with E-state index in [9.17, 15) is 34.8 Å². The Balaban J connectivity index is 1.87. The fourth-order valence-corrected chi connectivity index (χ4v) is 4.90. The quantitative estimate of drug-likeness (QED) is 0.324. The normalized spacial score (nSPS) is 12.9. The number of hydrogen-bond donors (Lipinski definition) is 0. The number of aromatic nitrogens is 4. The molecule has 0 unspecified atom stereocenters. The molecule has 0 N–H and O–H groups in total. The number of halogens is 6. The lowest BCUT2D eigenvalue weighted by Crippen LogP contribution is -2.16. The van der Waals surface area contributed by atoms with Gasteiger partial charge >= 0.3 is 12.5 Å². The smallest absolute Gasteiger partial charge is 0.406 e. The highest BCUT2D eigenvalue weighted by Gasteiger charge is 2.37. The van der Waals surface area contributed by atoms with Crippen molar-refractivity contribution in [3.05, 3.63) is 48.4 Å². The van der Waals surface area contributed by atoms with Crippen LogP contribution in [-0.2, 0) is 30.1 Å². The van der Waals surface area contributed by atoms with Crippen LogP contribution in [0.4, 0.5) is 26.3 Å². The number of sulfone groups is 1. The summed E-state index contributed by atoms with van der Waals surface area (Å²) in [5, 5.41) is 0. The predicted molar refractivity (Wildman–Crippen MR) is 118 cm³/mol. The first-order valence-corrected chi connectivity index (χ1v) is 12.0. The molecule has 0 aliphatic carbocycles. The molecule has 0 radical (unpaired) electrons. The Morgan fingerprint density at radius 1 is 0.972 bits per heavy atom. The van der Waals surface area contributed by atoms with Gasteiger partial charge in [0.2, 0.25) is 5.82 Å². The standard InChI is InChI=1S/C22H18F6N4O3S/c1-4-36(33,34)18-10-16-15(30-20(32(16)3)21(23,24)25)9-14(18)19-29-11-17(31(19)2)12-5-7-13(8-6-12)35-22(26,27)28/h5-11H,4H2,1-3H3. The Hall–Kier alpha value is -3.55. The topological polar surface area (TPSA) is 79.0 Å². The Bertz CT molecular complexity index is 1550. The molecule has 2 aromatic heterocycles. The molecule has 0 saturated heterocycles. The highest BCUT2D eigenvalue weighted by atomic mass is 32.2. The highest BCUT2D eigenvalue weighted by Crippen LogP contribution is 2.37. The zero-order valence-electron chi connectivity index (χ0n) is 18.9. The third-order valence-corrected chi connectivity index (χ3v) is 7.33. The number of hydrogen-bond acceptors (Lipinski definition) is 5. The fourth-order valence-electron chi connectivity index (χ4n) is 3.82. The van der Waals surface area contributed by atoms with Crippen molar-refractivity contribution in [3.8, 4) is 28.4 Å². The Labute approximate surface area is 200 Å². The lowest BCUT2D eigenvalue weighted by Gasteiger charge is -2.12. The van der Waals surface area contributed by atoms with E-state index in [-0.39, 0.29) is 33.1 Å². The summed E-state index contributed by atoms with van der Waals surface area (Å²) in [7, 11) is -1.22. The minimum absolute atomic E-state index is 0.0206. The number of imidazole rings is 2. The van der Waals surface area contributed by atoms with Gasteiger partial charge in [0.1, 0.15) is 11.6 Å². The van der Waals surface area contributed by atoms with Crippen molar-refractivity contribution < 1.29 is 39.5 Å². The molecule has 36 heavy (non-hydrogen) atoms. The van der Waals surface area contributed by atoms with E-state index in [0.717, 1.165) is 29.8 Å². The van der Waals surface area contributed by atoms with Crippen LogP contribution >= 0.6 is 0 Å². The zero-order valence-corrected chi connectivity index (χ0v) is 19.8. The molecule has 0 bridgehead atoms. The number of alkyl halides is 6. The molecule has 0 atom stereocenters. The SMILES string of the molecule is CCS(=O)(=O)c1cc2c(cc1-c1ncc(-c3ccc(OC(F)(F)F)cc3)n1C)nc(C(F)(F)F)n2C. The first-order valence-electron chi connectivity index (χ1n) is 10.3. The van der Waals surface area contributed by atoms with Gasteiger partial charge in [-0.25, -0.2) is 18.4 Å². The van der Waals surface area contributed by atoms with Gasteiger partial charge in [-0.2, -0.15) is 13.2 Å². The second kappa shape index (κ2) is 8.54. The second-order valence-corrected chi connectivity index (χ2v) is 10.1. The van der Waals surface area contributed by atoms with Gasteiger partial charge in [-0.3, -0.25) is 0 Å². The van der Waals surface area contributed by atoms with Crippen LogP contribution in [0.1, 0.15) is 12.7 Å². The summed E-state index contributed by atoms with van der Waals surface area (Å²) in [6.07, 6.45) is -8.23. The molecular formula is C22H18F6N4O3S. The summed E-state index contributed by atoms with van der Waals surface area (Å²) in [5.74, 6) is -1.80. The highest BCUT2D eigenvalue weighted by molar-refractivity contribution is 7.91. The average molecular weight is 532 g/mol. The number of rotatable bonds is 5. The maximum atomic E-state index is 13.4. The van der Waals surface area contributed by atoms with Gasteiger partial charge in [0.05, 0.1) is 33.6 Å². The molecule has 0 spiro atoms. The lowest BCUT2D eigenvalue weighted by molar-refractivity contribution is -0.274. The van der Waals surface area contributed by atoms with Gasteiger partial charge in [-0.15, -0.1) is 13.2 Å². The van der Waals surface area contributed by atoms with Crippen LogP contribution in [0.15, 0.2) is 47.5 Å². The van der Waals surface area contributed by atoms with E-state index in [2.05, 4.69) is 14.7 Å². The van der Waals surface area contributed by atoms with Gasteiger partial charge in [-0.05, 0) is 36.4 Å². The largest absolute Gasteiger partial charge is 0.573 e. The van der Waals surface area contributed by atoms with Gasteiger partial charge < -0.3 is 13.9 Å².